The second-order valence-electron chi connectivity index (χ2n) is 2.61. The number of nitriles is 1. The molecule has 1 rings (SSSR count). The van der Waals surface area contributed by atoms with Crippen molar-refractivity contribution >= 4 is 6.47 Å². The minimum absolute atomic E-state index is 0.136. The van der Waals surface area contributed by atoms with Crippen molar-refractivity contribution in [3.63, 3.8) is 0 Å². The van der Waals surface area contributed by atoms with Gasteiger partial charge >= 0.3 is 0 Å². The molecule has 1 saturated carbocycles. The Bertz CT molecular complexity index is 167. The Hall–Kier alpha value is -1.04. The lowest BCUT2D eigenvalue weighted by atomic mass is 10.1. The Labute approximate surface area is 59.6 Å². The highest BCUT2D eigenvalue weighted by Gasteiger charge is 2.42. The van der Waals surface area contributed by atoms with Gasteiger partial charge in [0, 0.05) is 6.42 Å². The summed E-state index contributed by atoms with van der Waals surface area (Å²) in [6.45, 7) is 0.810. The summed E-state index contributed by atoms with van der Waals surface area (Å²) in [6.07, 6.45) is 2.62. The van der Waals surface area contributed by atoms with Gasteiger partial charge in [-0.25, -0.2) is 0 Å². The van der Waals surface area contributed by atoms with Gasteiger partial charge in [0.25, 0.3) is 6.47 Å². The molecule has 54 valence electrons. The minimum atomic E-state index is -0.136. The topological polar surface area (TPSA) is 50.1 Å². The van der Waals surface area contributed by atoms with Crippen LogP contribution < -0.4 is 0 Å². The molecule has 0 aromatic heterocycles. The van der Waals surface area contributed by atoms with E-state index in [1.165, 1.54) is 0 Å². The van der Waals surface area contributed by atoms with E-state index in [2.05, 4.69) is 10.8 Å². The van der Waals surface area contributed by atoms with Crippen molar-refractivity contribution < 1.29 is 9.53 Å². The van der Waals surface area contributed by atoms with Crippen LogP contribution in [-0.2, 0) is 9.53 Å². The van der Waals surface area contributed by atoms with Gasteiger partial charge in [0.15, 0.2) is 0 Å². The van der Waals surface area contributed by atoms with Crippen molar-refractivity contribution in [1.82, 2.24) is 0 Å². The summed E-state index contributed by atoms with van der Waals surface area (Å²) in [5.41, 5.74) is -0.136. The lowest BCUT2D eigenvalue weighted by Gasteiger charge is -2.01. The first-order valence-electron chi connectivity index (χ1n) is 3.29. The Kier molecular flexibility index (Phi) is 1.91. The highest BCUT2D eigenvalue weighted by molar-refractivity contribution is 5.36. The van der Waals surface area contributed by atoms with E-state index < -0.39 is 0 Å². The smallest absolute Gasteiger partial charge is 0.293 e. The number of carbonyl (C=O) groups is 1. The molecule has 0 aliphatic heterocycles. The monoisotopic (exact) mass is 139 g/mol. The lowest BCUT2D eigenvalue weighted by molar-refractivity contribution is -0.128. The quantitative estimate of drug-likeness (QED) is 0.428. The second-order valence-corrected chi connectivity index (χ2v) is 2.61. The molecule has 0 atom stereocenters. The highest BCUT2D eigenvalue weighted by Crippen LogP contribution is 2.47. The molecule has 0 aromatic carbocycles. The van der Waals surface area contributed by atoms with Crippen LogP contribution in [0.25, 0.3) is 0 Å². The van der Waals surface area contributed by atoms with Gasteiger partial charge in [-0.2, -0.15) is 5.26 Å². The molecule has 0 amide bonds. The van der Waals surface area contributed by atoms with Gasteiger partial charge in [-0.05, 0) is 12.8 Å². The molecule has 0 N–H and O–H groups in total. The van der Waals surface area contributed by atoms with E-state index in [1.54, 1.807) is 0 Å². The molecule has 1 aliphatic rings. The van der Waals surface area contributed by atoms with E-state index in [0.717, 1.165) is 12.8 Å². The third-order valence-corrected chi connectivity index (χ3v) is 1.86. The van der Waals surface area contributed by atoms with Crippen LogP contribution in [0, 0.1) is 16.7 Å². The summed E-state index contributed by atoms with van der Waals surface area (Å²) < 4.78 is 4.48. The molecular formula is C7H9NO2. The number of nitrogens with zero attached hydrogens (tertiary/aromatic N) is 1. The molecule has 0 radical (unpaired) electrons. The Morgan fingerprint density at radius 2 is 2.40 bits per heavy atom. The van der Waals surface area contributed by atoms with Crippen molar-refractivity contribution in [2.75, 3.05) is 6.61 Å². The molecule has 0 aromatic rings. The molecule has 10 heavy (non-hydrogen) atoms. The zero-order valence-corrected chi connectivity index (χ0v) is 5.67. The van der Waals surface area contributed by atoms with Gasteiger partial charge in [0.05, 0.1) is 18.1 Å². The highest BCUT2D eigenvalue weighted by atomic mass is 16.5. The van der Waals surface area contributed by atoms with Crippen molar-refractivity contribution in [2.24, 2.45) is 5.41 Å². The summed E-state index contributed by atoms with van der Waals surface area (Å²) in [7, 11) is 0. The van der Waals surface area contributed by atoms with Crippen LogP contribution in [0.5, 0.6) is 0 Å². The van der Waals surface area contributed by atoms with E-state index in [1.807, 2.05) is 0 Å². The maximum absolute atomic E-state index is 9.69. The Morgan fingerprint density at radius 1 is 1.70 bits per heavy atom. The molecule has 3 nitrogen and oxygen atoms in total. The van der Waals surface area contributed by atoms with E-state index in [-0.39, 0.29) is 5.41 Å². The van der Waals surface area contributed by atoms with Crippen molar-refractivity contribution in [2.45, 2.75) is 19.3 Å². The van der Waals surface area contributed by atoms with Crippen LogP contribution in [0.15, 0.2) is 0 Å². The fourth-order valence-electron chi connectivity index (χ4n) is 0.871. The predicted octanol–water partition coefficient (Wildman–Crippen LogP) is 0.853. The largest absolute Gasteiger partial charge is 0.468 e. The van der Waals surface area contributed by atoms with Gasteiger partial charge in [0.1, 0.15) is 0 Å². The molecule has 0 heterocycles. The molecule has 0 bridgehead atoms. The summed E-state index contributed by atoms with van der Waals surface area (Å²) in [5, 5.41) is 8.56. The van der Waals surface area contributed by atoms with Crippen LogP contribution in [0.3, 0.4) is 0 Å². The first kappa shape index (κ1) is 7.07. The standard InChI is InChI=1S/C7H9NO2/c8-5-7(1-2-7)3-4-10-6-9/h6H,1-4H2. The average molecular weight is 139 g/mol. The summed E-state index contributed by atoms with van der Waals surface area (Å²) >= 11 is 0. The van der Waals surface area contributed by atoms with Crippen molar-refractivity contribution in [1.29, 1.82) is 5.26 Å². The lowest BCUT2D eigenvalue weighted by Crippen LogP contribution is -2.02. The SMILES string of the molecule is N#CC1(CCOC=O)CC1. The molecule has 1 aliphatic carbocycles. The third-order valence-electron chi connectivity index (χ3n) is 1.86. The molecular weight excluding hydrogens is 130 g/mol. The fraction of sp³-hybridized carbons (Fsp3) is 0.714. The van der Waals surface area contributed by atoms with Crippen LogP contribution >= 0.6 is 0 Å². The van der Waals surface area contributed by atoms with Gasteiger partial charge in [-0.15, -0.1) is 0 Å². The first-order valence-corrected chi connectivity index (χ1v) is 3.29. The maximum Gasteiger partial charge on any atom is 0.293 e. The van der Waals surface area contributed by atoms with E-state index in [9.17, 15) is 4.79 Å². The van der Waals surface area contributed by atoms with Gasteiger partial charge in [0.2, 0.25) is 0 Å². The average Bonchev–Trinajstić information content (AvgIpc) is 2.70. The second kappa shape index (κ2) is 2.70. The van der Waals surface area contributed by atoms with Crippen LogP contribution in [0.2, 0.25) is 0 Å². The van der Waals surface area contributed by atoms with Crippen LogP contribution in [0.4, 0.5) is 0 Å². The van der Waals surface area contributed by atoms with Crippen molar-refractivity contribution in [3.8, 4) is 6.07 Å². The van der Waals surface area contributed by atoms with Crippen molar-refractivity contribution in [3.05, 3.63) is 0 Å². The van der Waals surface area contributed by atoms with Gasteiger partial charge < -0.3 is 4.74 Å². The summed E-state index contributed by atoms with van der Waals surface area (Å²) in [5.74, 6) is 0. The fourth-order valence-corrected chi connectivity index (χ4v) is 0.871. The molecule has 3 heteroatoms. The number of hydrogen-bond donors (Lipinski definition) is 0. The summed E-state index contributed by atoms with van der Waals surface area (Å²) in [4.78, 5) is 9.69. The normalized spacial score (nSPS) is 19.1. The van der Waals surface area contributed by atoms with Crippen LogP contribution in [-0.4, -0.2) is 13.1 Å². The minimum Gasteiger partial charge on any atom is -0.468 e. The third kappa shape index (κ3) is 1.47. The predicted molar refractivity (Wildman–Crippen MR) is 33.9 cm³/mol. The van der Waals surface area contributed by atoms with Gasteiger partial charge in [-0.3, -0.25) is 4.79 Å². The Balaban J connectivity index is 2.14. The van der Waals surface area contributed by atoms with Gasteiger partial charge in [-0.1, -0.05) is 0 Å². The van der Waals surface area contributed by atoms with E-state index in [4.69, 9.17) is 5.26 Å². The number of hydrogen-bond acceptors (Lipinski definition) is 3. The van der Waals surface area contributed by atoms with Crippen LogP contribution in [0.1, 0.15) is 19.3 Å². The molecule has 0 saturated heterocycles. The molecule has 1 fully saturated rings. The Morgan fingerprint density at radius 3 is 2.80 bits per heavy atom. The number of rotatable bonds is 4. The molecule has 0 unspecified atom stereocenters. The number of ether oxygens (including phenoxy) is 1. The zero-order valence-electron chi connectivity index (χ0n) is 5.67. The van der Waals surface area contributed by atoms with E-state index in [0.29, 0.717) is 19.5 Å². The number of carbonyl (C=O) groups excluding carboxylic acids is 1. The van der Waals surface area contributed by atoms with E-state index >= 15 is 0 Å². The summed E-state index contributed by atoms with van der Waals surface area (Å²) in [6, 6.07) is 2.22. The maximum atomic E-state index is 9.69. The zero-order chi connectivity index (χ0) is 7.45. The molecule has 0 spiro atoms. The first-order chi connectivity index (χ1) is 4.83.